The van der Waals surface area contributed by atoms with Crippen molar-refractivity contribution >= 4 is 11.6 Å². The van der Waals surface area contributed by atoms with Crippen LogP contribution in [0.25, 0.3) is 0 Å². The summed E-state index contributed by atoms with van der Waals surface area (Å²) in [5.74, 6) is 0.839. The monoisotopic (exact) mass is 262 g/mol. The third kappa shape index (κ3) is 11.9. The van der Waals surface area contributed by atoms with Crippen molar-refractivity contribution in [3.8, 4) is 0 Å². The molecule has 10 heavy (non-hydrogen) atoms. The first-order valence-electron chi connectivity index (χ1n) is 3.97. The quantitative estimate of drug-likeness (QED) is 0.389. The molecule has 0 N–H and O–H groups in total. The largest absolute Gasteiger partial charge is 0.127 e. The maximum absolute atomic E-state index is 5.51. The van der Waals surface area contributed by atoms with E-state index < -0.39 is 0 Å². The topological polar surface area (TPSA) is 0 Å². The first-order chi connectivity index (χ1) is 4.41. The molecule has 0 aliphatic carbocycles. The standard InChI is InChI=1S/C8H17Cl.Cd/c1-2-3-4-5-6-7-8-9;/h2-8H2,1H3;. The summed E-state index contributed by atoms with van der Waals surface area (Å²) in [5, 5.41) is 0. The summed E-state index contributed by atoms with van der Waals surface area (Å²) in [7, 11) is 0. The predicted molar refractivity (Wildman–Crippen MR) is 44.1 cm³/mol. The molecule has 0 radical (unpaired) electrons. The molecule has 0 saturated carbocycles. The fourth-order valence-corrected chi connectivity index (χ4v) is 1.06. The molecule has 0 bridgehead atoms. The van der Waals surface area contributed by atoms with Crippen molar-refractivity contribution in [1.29, 1.82) is 0 Å². The molecule has 58 valence electrons. The molecule has 0 aliphatic heterocycles. The summed E-state index contributed by atoms with van der Waals surface area (Å²) in [6.07, 6.45) is 8.02. The molecule has 0 heterocycles. The summed E-state index contributed by atoms with van der Waals surface area (Å²) in [6, 6.07) is 0. The zero-order valence-corrected chi connectivity index (χ0v) is 11.8. The molecule has 0 aromatic rings. The van der Waals surface area contributed by atoms with Crippen LogP contribution in [-0.4, -0.2) is 5.88 Å². The van der Waals surface area contributed by atoms with Crippen molar-refractivity contribution in [3.05, 3.63) is 0 Å². The van der Waals surface area contributed by atoms with Crippen molar-refractivity contribution in [2.75, 3.05) is 5.88 Å². The van der Waals surface area contributed by atoms with Crippen LogP contribution in [0.3, 0.4) is 0 Å². The second-order valence-corrected chi connectivity index (χ2v) is 2.83. The van der Waals surface area contributed by atoms with Gasteiger partial charge in [0.15, 0.2) is 0 Å². The number of alkyl halides is 1. The van der Waals surface area contributed by atoms with Crippen LogP contribution in [0.4, 0.5) is 0 Å². The number of unbranched alkanes of at least 4 members (excludes halogenated alkanes) is 5. The summed E-state index contributed by atoms with van der Waals surface area (Å²) >= 11 is 5.51. The minimum atomic E-state index is 0. The molecular weight excluding hydrogens is 244 g/mol. The average Bonchev–Trinajstić information content (AvgIpc) is 1.89. The Balaban J connectivity index is 0. The zero-order valence-electron chi connectivity index (χ0n) is 7.03. The molecule has 0 aromatic heterocycles. The Hall–Kier alpha value is 1.21. The van der Waals surface area contributed by atoms with Gasteiger partial charge in [0, 0.05) is 33.2 Å². The molecular formula is C8H17CdCl. The van der Waals surface area contributed by atoms with Crippen LogP contribution in [0, 0.1) is 0 Å². The van der Waals surface area contributed by atoms with Gasteiger partial charge in [0.2, 0.25) is 0 Å². The Labute approximate surface area is 89.9 Å². The number of hydrogen-bond donors (Lipinski definition) is 0. The van der Waals surface area contributed by atoms with Crippen molar-refractivity contribution < 1.29 is 27.3 Å². The van der Waals surface area contributed by atoms with E-state index in [1.54, 1.807) is 0 Å². The van der Waals surface area contributed by atoms with Gasteiger partial charge in [0.05, 0.1) is 0 Å². The van der Waals surface area contributed by atoms with E-state index in [4.69, 9.17) is 11.6 Å². The zero-order chi connectivity index (χ0) is 6.95. The van der Waals surface area contributed by atoms with Gasteiger partial charge in [-0.25, -0.2) is 0 Å². The van der Waals surface area contributed by atoms with Crippen molar-refractivity contribution in [1.82, 2.24) is 0 Å². The maximum Gasteiger partial charge on any atom is 0.0223 e. The normalized spacial score (nSPS) is 9.00. The third-order valence-corrected chi connectivity index (χ3v) is 1.75. The van der Waals surface area contributed by atoms with E-state index in [9.17, 15) is 0 Å². The van der Waals surface area contributed by atoms with Crippen molar-refractivity contribution in [3.63, 3.8) is 0 Å². The molecule has 0 aromatic carbocycles. The second kappa shape index (κ2) is 12.9. The smallest absolute Gasteiger partial charge is 0.0223 e. The Morgan fingerprint density at radius 2 is 1.40 bits per heavy atom. The summed E-state index contributed by atoms with van der Waals surface area (Å²) < 4.78 is 0. The number of halogens is 1. The van der Waals surface area contributed by atoms with Gasteiger partial charge in [-0.3, -0.25) is 0 Å². The summed E-state index contributed by atoms with van der Waals surface area (Å²) in [6.45, 7) is 2.24. The van der Waals surface area contributed by atoms with Gasteiger partial charge in [0.25, 0.3) is 0 Å². The minimum Gasteiger partial charge on any atom is -0.127 e. The van der Waals surface area contributed by atoms with Gasteiger partial charge in [-0.15, -0.1) is 11.6 Å². The van der Waals surface area contributed by atoms with E-state index in [1.807, 2.05) is 0 Å². The Morgan fingerprint density at radius 3 is 1.90 bits per heavy atom. The van der Waals surface area contributed by atoms with Gasteiger partial charge in [-0.05, 0) is 6.42 Å². The molecule has 0 aliphatic rings. The molecule has 0 nitrogen and oxygen atoms in total. The molecule has 0 saturated heterocycles. The van der Waals surface area contributed by atoms with E-state index in [1.165, 1.54) is 38.5 Å². The summed E-state index contributed by atoms with van der Waals surface area (Å²) in [5.41, 5.74) is 0. The molecule has 0 unspecified atom stereocenters. The van der Waals surface area contributed by atoms with Crippen LogP contribution < -0.4 is 0 Å². The van der Waals surface area contributed by atoms with Crippen LogP contribution in [-0.2, 0) is 27.3 Å². The molecule has 0 amide bonds. The number of rotatable bonds is 6. The predicted octanol–water partition coefficient (Wildman–Crippen LogP) is 3.58. The molecule has 0 spiro atoms. The number of hydrogen-bond acceptors (Lipinski definition) is 0. The van der Waals surface area contributed by atoms with Crippen LogP contribution in [0.5, 0.6) is 0 Å². The minimum absolute atomic E-state index is 0. The summed E-state index contributed by atoms with van der Waals surface area (Å²) in [4.78, 5) is 0. The third-order valence-electron chi connectivity index (χ3n) is 1.49. The maximum atomic E-state index is 5.51. The van der Waals surface area contributed by atoms with Gasteiger partial charge in [0.1, 0.15) is 0 Å². The van der Waals surface area contributed by atoms with E-state index >= 15 is 0 Å². The van der Waals surface area contributed by atoms with Gasteiger partial charge in [-0.2, -0.15) is 0 Å². The first kappa shape index (κ1) is 13.8. The van der Waals surface area contributed by atoms with Crippen LogP contribution in [0.1, 0.15) is 45.4 Å². The molecule has 0 atom stereocenters. The van der Waals surface area contributed by atoms with E-state index in [-0.39, 0.29) is 27.3 Å². The average molecular weight is 261 g/mol. The SMILES string of the molecule is CCCCCCCCCl.[Cd]. The Kier molecular flexibility index (Phi) is 17.7. The van der Waals surface area contributed by atoms with Crippen LogP contribution >= 0.6 is 11.6 Å². The molecule has 0 fully saturated rings. The Bertz CT molecular complexity index is 42.5. The van der Waals surface area contributed by atoms with Gasteiger partial charge < -0.3 is 0 Å². The van der Waals surface area contributed by atoms with E-state index in [0.717, 1.165) is 5.88 Å². The fourth-order valence-electron chi connectivity index (χ4n) is 0.875. The fraction of sp³-hybridized carbons (Fsp3) is 1.00. The van der Waals surface area contributed by atoms with Crippen LogP contribution in [0.15, 0.2) is 0 Å². The van der Waals surface area contributed by atoms with Gasteiger partial charge >= 0.3 is 0 Å². The van der Waals surface area contributed by atoms with Crippen LogP contribution in [0.2, 0.25) is 0 Å². The van der Waals surface area contributed by atoms with Crippen molar-refractivity contribution in [2.24, 2.45) is 0 Å². The molecule has 0 rings (SSSR count). The van der Waals surface area contributed by atoms with E-state index in [0.29, 0.717) is 0 Å². The van der Waals surface area contributed by atoms with Gasteiger partial charge in [-0.1, -0.05) is 39.0 Å². The molecule has 2 heteroatoms. The first-order valence-corrected chi connectivity index (χ1v) is 4.51. The van der Waals surface area contributed by atoms with E-state index in [2.05, 4.69) is 6.92 Å². The van der Waals surface area contributed by atoms with Crippen molar-refractivity contribution in [2.45, 2.75) is 45.4 Å². The Morgan fingerprint density at radius 1 is 0.900 bits per heavy atom. The second-order valence-electron chi connectivity index (χ2n) is 2.46.